The van der Waals surface area contributed by atoms with Crippen LogP contribution in [-0.2, 0) is 11.2 Å². The van der Waals surface area contributed by atoms with Gasteiger partial charge in [-0.05, 0) is 36.8 Å². The standard InChI is InChI=1S/C18H21NO3/c1-13-10-17(22-4)14(11-16(13)21-3)12-18(20)19(2)15-8-6-5-7-9-15/h5-11H,12H2,1-4H3. The third-order valence-corrected chi connectivity index (χ3v) is 3.66. The number of para-hydroxylation sites is 1. The maximum Gasteiger partial charge on any atom is 0.231 e. The first-order valence-corrected chi connectivity index (χ1v) is 7.10. The molecule has 0 aromatic heterocycles. The van der Waals surface area contributed by atoms with Gasteiger partial charge in [0.1, 0.15) is 11.5 Å². The molecule has 0 aliphatic rings. The number of carbonyl (C=O) groups is 1. The Morgan fingerprint density at radius 2 is 1.68 bits per heavy atom. The predicted octanol–water partition coefficient (Wildman–Crippen LogP) is 3.22. The minimum atomic E-state index is -0.00425. The van der Waals surface area contributed by atoms with E-state index in [1.165, 1.54) is 0 Å². The highest BCUT2D eigenvalue weighted by Crippen LogP contribution is 2.29. The van der Waals surface area contributed by atoms with Gasteiger partial charge in [0.15, 0.2) is 0 Å². The summed E-state index contributed by atoms with van der Waals surface area (Å²) in [4.78, 5) is 14.1. The monoisotopic (exact) mass is 299 g/mol. The Labute approximate surface area is 131 Å². The molecule has 0 bridgehead atoms. The molecule has 2 aromatic rings. The van der Waals surface area contributed by atoms with Gasteiger partial charge in [-0.15, -0.1) is 0 Å². The van der Waals surface area contributed by atoms with E-state index in [4.69, 9.17) is 9.47 Å². The molecule has 0 atom stereocenters. The zero-order valence-electron chi connectivity index (χ0n) is 13.4. The van der Waals surface area contributed by atoms with Crippen LogP contribution in [0.1, 0.15) is 11.1 Å². The Balaban J connectivity index is 2.24. The molecule has 116 valence electrons. The highest BCUT2D eigenvalue weighted by molar-refractivity contribution is 5.94. The van der Waals surface area contributed by atoms with E-state index in [-0.39, 0.29) is 12.3 Å². The van der Waals surface area contributed by atoms with Crippen molar-refractivity contribution in [3.05, 3.63) is 53.6 Å². The number of rotatable bonds is 5. The van der Waals surface area contributed by atoms with Gasteiger partial charge >= 0.3 is 0 Å². The van der Waals surface area contributed by atoms with Gasteiger partial charge in [0, 0.05) is 18.3 Å². The normalized spacial score (nSPS) is 10.2. The molecule has 0 saturated carbocycles. The molecule has 0 aliphatic heterocycles. The Morgan fingerprint density at radius 1 is 1.05 bits per heavy atom. The molecule has 0 fully saturated rings. The summed E-state index contributed by atoms with van der Waals surface area (Å²) in [6.45, 7) is 1.95. The summed E-state index contributed by atoms with van der Waals surface area (Å²) < 4.78 is 10.7. The van der Waals surface area contributed by atoms with Crippen molar-refractivity contribution in [2.24, 2.45) is 0 Å². The number of hydrogen-bond donors (Lipinski definition) is 0. The number of hydrogen-bond acceptors (Lipinski definition) is 3. The fourth-order valence-corrected chi connectivity index (χ4v) is 2.33. The van der Waals surface area contributed by atoms with Crippen molar-refractivity contribution in [1.29, 1.82) is 0 Å². The first kappa shape index (κ1) is 15.9. The molecular weight excluding hydrogens is 278 g/mol. The zero-order chi connectivity index (χ0) is 16.1. The van der Waals surface area contributed by atoms with Crippen molar-refractivity contribution in [2.75, 3.05) is 26.2 Å². The lowest BCUT2D eigenvalue weighted by atomic mass is 10.1. The van der Waals surface area contributed by atoms with Gasteiger partial charge in [-0.25, -0.2) is 0 Å². The maximum atomic E-state index is 12.5. The Bertz CT molecular complexity index is 653. The summed E-state index contributed by atoms with van der Waals surface area (Å²) in [7, 11) is 5.00. The molecule has 2 aromatic carbocycles. The number of nitrogens with zero attached hydrogens (tertiary/aromatic N) is 1. The molecule has 2 rings (SSSR count). The maximum absolute atomic E-state index is 12.5. The summed E-state index contributed by atoms with van der Waals surface area (Å²) in [6, 6.07) is 13.3. The summed E-state index contributed by atoms with van der Waals surface area (Å²) >= 11 is 0. The number of likely N-dealkylation sites (N-methyl/N-ethyl adjacent to an activating group) is 1. The van der Waals surface area contributed by atoms with Crippen LogP contribution in [0.15, 0.2) is 42.5 Å². The van der Waals surface area contributed by atoms with E-state index in [1.54, 1.807) is 26.2 Å². The number of benzene rings is 2. The summed E-state index contributed by atoms with van der Waals surface area (Å²) in [5.41, 5.74) is 2.66. The number of anilines is 1. The first-order valence-electron chi connectivity index (χ1n) is 7.10. The third-order valence-electron chi connectivity index (χ3n) is 3.66. The fourth-order valence-electron chi connectivity index (χ4n) is 2.33. The lowest BCUT2D eigenvalue weighted by molar-refractivity contribution is -0.117. The number of methoxy groups -OCH3 is 2. The minimum Gasteiger partial charge on any atom is -0.496 e. The molecule has 4 nitrogen and oxygen atoms in total. The highest BCUT2D eigenvalue weighted by Gasteiger charge is 2.16. The average molecular weight is 299 g/mol. The molecule has 0 spiro atoms. The highest BCUT2D eigenvalue weighted by atomic mass is 16.5. The lowest BCUT2D eigenvalue weighted by Crippen LogP contribution is -2.27. The van der Waals surface area contributed by atoms with Crippen LogP contribution in [0.4, 0.5) is 5.69 Å². The largest absolute Gasteiger partial charge is 0.496 e. The number of amides is 1. The molecule has 0 heterocycles. The van der Waals surface area contributed by atoms with Crippen LogP contribution in [0.5, 0.6) is 11.5 Å². The third kappa shape index (κ3) is 3.39. The van der Waals surface area contributed by atoms with E-state index >= 15 is 0 Å². The van der Waals surface area contributed by atoms with Gasteiger partial charge in [-0.1, -0.05) is 18.2 Å². The van der Waals surface area contributed by atoms with Crippen molar-refractivity contribution in [1.82, 2.24) is 0 Å². The fraction of sp³-hybridized carbons (Fsp3) is 0.278. The molecule has 0 saturated heterocycles. The Kier molecular flexibility index (Phi) is 5.04. The summed E-state index contributed by atoms with van der Waals surface area (Å²) in [5.74, 6) is 1.45. The van der Waals surface area contributed by atoms with E-state index < -0.39 is 0 Å². The molecule has 4 heteroatoms. The van der Waals surface area contributed by atoms with Crippen molar-refractivity contribution >= 4 is 11.6 Å². The van der Waals surface area contributed by atoms with E-state index in [9.17, 15) is 4.79 Å². The van der Waals surface area contributed by atoms with Crippen LogP contribution in [0.2, 0.25) is 0 Å². The molecule has 22 heavy (non-hydrogen) atoms. The van der Waals surface area contributed by atoms with E-state index in [1.807, 2.05) is 49.4 Å². The quantitative estimate of drug-likeness (QED) is 0.851. The van der Waals surface area contributed by atoms with Gasteiger partial charge in [0.2, 0.25) is 5.91 Å². The molecule has 0 unspecified atom stereocenters. The summed E-state index contributed by atoms with van der Waals surface area (Å²) in [5, 5.41) is 0. The van der Waals surface area contributed by atoms with Crippen molar-refractivity contribution in [3.63, 3.8) is 0 Å². The number of aryl methyl sites for hydroxylation is 1. The van der Waals surface area contributed by atoms with Crippen LogP contribution < -0.4 is 14.4 Å². The first-order chi connectivity index (χ1) is 10.6. The molecule has 1 amide bonds. The van der Waals surface area contributed by atoms with Gasteiger partial charge in [0.25, 0.3) is 0 Å². The van der Waals surface area contributed by atoms with Gasteiger partial charge in [-0.2, -0.15) is 0 Å². The predicted molar refractivity (Wildman–Crippen MR) is 87.8 cm³/mol. The van der Waals surface area contributed by atoms with E-state index in [0.29, 0.717) is 5.75 Å². The second-order valence-electron chi connectivity index (χ2n) is 5.10. The molecule has 0 radical (unpaired) electrons. The van der Waals surface area contributed by atoms with Crippen LogP contribution in [0, 0.1) is 6.92 Å². The van der Waals surface area contributed by atoms with Crippen molar-refractivity contribution in [3.8, 4) is 11.5 Å². The minimum absolute atomic E-state index is 0.00425. The smallest absolute Gasteiger partial charge is 0.231 e. The second kappa shape index (κ2) is 6.98. The lowest BCUT2D eigenvalue weighted by Gasteiger charge is -2.19. The Hall–Kier alpha value is -2.49. The van der Waals surface area contributed by atoms with Crippen LogP contribution >= 0.6 is 0 Å². The van der Waals surface area contributed by atoms with Gasteiger partial charge in [-0.3, -0.25) is 4.79 Å². The van der Waals surface area contributed by atoms with Gasteiger partial charge in [0.05, 0.1) is 20.6 Å². The summed E-state index contributed by atoms with van der Waals surface area (Å²) in [6.07, 6.45) is 0.255. The average Bonchev–Trinajstić information content (AvgIpc) is 2.55. The molecule has 0 aliphatic carbocycles. The Morgan fingerprint density at radius 3 is 2.27 bits per heavy atom. The van der Waals surface area contributed by atoms with Crippen LogP contribution in [-0.4, -0.2) is 27.2 Å². The molecular formula is C18H21NO3. The number of ether oxygens (including phenoxy) is 2. The SMILES string of the molecule is COc1cc(CC(=O)N(C)c2ccccc2)c(OC)cc1C. The second-order valence-corrected chi connectivity index (χ2v) is 5.10. The number of carbonyl (C=O) groups excluding carboxylic acids is 1. The van der Waals surface area contributed by atoms with Gasteiger partial charge < -0.3 is 14.4 Å². The van der Waals surface area contributed by atoms with Crippen molar-refractivity contribution in [2.45, 2.75) is 13.3 Å². The van der Waals surface area contributed by atoms with E-state index in [2.05, 4.69) is 0 Å². The molecule has 0 N–H and O–H groups in total. The van der Waals surface area contributed by atoms with Crippen LogP contribution in [0.25, 0.3) is 0 Å². The van der Waals surface area contributed by atoms with Crippen molar-refractivity contribution < 1.29 is 14.3 Å². The van der Waals surface area contributed by atoms with Crippen LogP contribution in [0.3, 0.4) is 0 Å². The zero-order valence-corrected chi connectivity index (χ0v) is 13.4. The van der Waals surface area contributed by atoms with E-state index in [0.717, 1.165) is 22.6 Å². The topological polar surface area (TPSA) is 38.8 Å².